The molecule has 0 unspecified atom stereocenters. The van der Waals surface area contributed by atoms with Crippen LogP contribution in [0, 0.1) is 0 Å². The van der Waals surface area contributed by atoms with Gasteiger partial charge in [-0.2, -0.15) is 0 Å². The summed E-state index contributed by atoms with van der Waals surface area (Å²) in [6.45, 7) is 0. The van der Waals surface area contributed by atoms with Crippen molar-refractivity contribution in [1.29, 1.82) is 0 Å². The fraction of sp³-hybridized carbons (Fsp3) is 0. The van der Waals surface area contributed by atoms with Crippen molar-refractivity contribution in [3.63, 3.8) is 0 Å². The molecular weight excluding hydrogens is 677 g/mol. The highest BCUT2D eigenvalue weighted by atomic mass is 15.1. The molecule has 0 saturated carbocycles. The van der Waals surface area contributed by atoms with Crippen LogP contribution >= 0.6 is 0 Å². The zero-order valence-electron chi connectivity index (χ0n) is 34.7. The van der Waals surface area contributed by atoms with E-state index in [-0.39, 0.29) is 35.3 Å². The van der Waals surface area contributed by atoms with Gasteiger partial charge in [-0.1, -0.05) is 170 Å². The van der Waals surface area contributed by atoms with E-state index in [2.05, 4.69) is 107 Å². The van der Waals surface area contributed by atoms with Gasteiger partial charge in [0.1, 0.15) is 0 Å². The average Bonchev–Trinajstić information content (AvgIpc) is 3.31. The number of anilines is 6. The monoisotopic (exact) mass is 720 g/mol. The first kappa shape index (κ1) is 30.0. The summed E-state index contributed by atoms with van der Waals surface area (Å²) in [4.78, 5) is 4.33. The molecule has 0 N–H and O–H groups in total. The average molecular weight is 721 g/mol. The molecule has 0 heterocycles. The minimum absolute atomic E-state index is 0.0792. The lowest BCUT2D eigenvalue weighted by atomic mass is 9.99. The Morgan fingerprint density at radius 2 is 0.393 bits per heavy atom. The summed E-state index contributed by atoms with van der Waals surface area (Å²) in [5, 5.41) is 0. The maximum Gasteiger partial charge on any atom is 0.0629 e. The molecule has 9 rings (SSSR count). The van der Waals surface area contributed by atoms with Gasteiger partial charge in [-0.25, -0.2) is 0 Å². The molecular formula is C54H40N2. The van der Waals surface area contributed by atoms with Gasteiger partial charge < -0.3 is 9.80 Å². The highest BCUT2D eigenvalue weighted by Gasteiger charge is 2.15. The summed E-state index contributed by atoms with van der Waals surface area (Å²) in [6, 6.07) is 72.9. The largest absolute Gasteiger partial charge is 0.311 e. The number of benzene rings is 9. The molecule has 2 nitrogen and oxygen atoms in total. The van der Waals surface area contributed by atoms with Gasteiger partial charge in [-0.15, -0.1) is 0 Å². The topological polar surface area (TPSA) is 6.48 Å². The van der Waals surface area contributed by atoms with Crippen LogP contribution in [0.5, 0.6) is 0 Å². The molecule has 0 saturated heterocycles. The Kier molecular flexibility index (Phi) is 8.51. The van der Waals surface area contributed by atoms with Crippen molar-refractivity contribution in [2.45, 2.75) is 0 Å². The van der Waals surface area contributed by atoms with Crippen LogP contribution in [0.3, 0.4) is 0 Å². The molecule has 0 radical (unpaired) electrons. The lowest BCUT2D eigenvalue weighted by Crippen LogP contribution is -2.09. The number of hydrogen-bond donors (Lipinski definition) is 0. The predicted molar refractivity (Wildman–Crippen MR) is 238 cm³/mol. The minimum Gasteiger partial charge on any atom is -0.311 e. The Bertz CT molecular complexity index is 2700. The van der Waals surface area contributed by atoms with E-state index in [9.17, 15) is 2.74 Å². The third-order valence-corrected chi connectivity index (χ3v) is 9.95. The molecule has 0 aliphatic carbocycles. The van der Waals surface area contributed by atoms with Gasteiger partial charge in [0.05, 0.1) is 5.48 Å². The van der Waals surface area contributed by atoms with Crippen LogP contribution in [0.1, 0.15) is 5.48 Å². The molecule has 0 aliphatic rings. The summed E-state index contributed by atoms with van der Waals surface area (Å²) in [6.07, 6.45) is 0. The fourth-order valence-corrected chi connectivity index (χ4v) is 7.07. The fourth-order valence-electron chi connectivity index (χ4n) is 7.07. The first-order valence-corrected chi connectivity index (χ1v) is 18.8. The van der Waals surface area contributed by atoms with Gasteiger partial charge >= 0.3 is 0 Å². The van der Waals surface area contributed by atoms with Gasteiger partial charge in [0.25, 0.3) is 0 Å². The maximum absolute atomic E-state index is 9.18. The molecule has 56 heavy (non-hydrogen) atoms. The second-order valence-electron chi connectivity index (χ2n) is 13.5. The first-order chi connectivity index (χ1) is 29.4. The van der Waals surface area contributed by atoms with Gasteiger partial charge in [-0.3, -0.25) is 0 Å². The van der Waals surface area contributed by atoms with E-state index in [0.29, 0.717) is 11.1 Å². The normalized spacial score (nSPS) is 11.9. The van der Waals surface area contributed by atoms with Gasteiger partial charge in [0.15, 0.2) is 0 Å². The molecule has 9 aromatic rings. The summed E-state index contributed by atoms with van der Waals surface area (Å²) >= 11 is 0. The number of hydrogen-bond acceptors (Lipinski definition) is 2. The van der Waals surface area contributed by atoms with Crippen LogP contribution in [0.4, 0.5) is 34.1 Å². The SMILES string of the molecule is [2H]c1c([2H])c(-c2ccc(N(c3ccc(-c4ccccc4)cc3)c3ccc(-c4ccccc4)cc3)cc2)c([2H])c([2H])c1-c1ccc(N(c2ccccc2)c2ccccc2)cc1. The second kappa shape index (κ2) is 15.9. The van der Waals surface area contributed by atoms with E-state index in [4.69, 9.17) is 2.74 Å². The third kappa shape index (κ3) is 7.37. The maximum atomic E-state index is 9.18. The second-order valence-corrected chi connectivity index (χ2v) is 13.5. The van der Waals surface area contributed by atoms with Gasteiger partial charge in [0.2, 0.25) is 0 Å². The Morgan fingerprint density at radius 1 is 0.196 bits per heavy atom. The molecule has 2 heteroatoms. The summed E-state index contributed by atoms with van der Waals surface area (Å²) < 4.78 is 36.7. The first-order valence-electron chi connectivity index (χ1n) is 20.8. The van der Waals surface area contributed by atoms with Crippen LogP contribution in [0.15, 0.2) is 243 Å². The van der Waals surface area contributed by atoms with Crippen LogP contribution < -0.4 is 9.80 Å². The molecule has 9 aromatic carbocycles. The van der Waals surface area contributed by atoms with Crippen LogP contribution in [-0.4, -0.2) is 0 Å². The van der Waals surface area contributed by atoms with E-state index >= 15 is 0 Å². The summed E-state index contributed by atoms with van der Waals surface area (Å²) in [7, 11) is 0. The Labute approximate surface area is 335 Å². The van der Waals surface area contributed by atoms with Crippen molar-refractivity contribution in [2.24, 2.45) is 0 Å². The molecule has 0 atom stereocenters. The van der Waals surface area contributed by atoms with Crippen molar-refractivity contribution >= 4 is 34.1 Å². The van der Waals surface area contributed by atoms with Crippen LogP contribution in [0.25, 0.3) is 44.5 Å². The number of para-hydroxylation sites is 2. The van der Waals surface area contributed by atoms with E-state index in [1.165, 1.54) is 0 Å². The Morgan fingerprint density at radius 3 is 0.661 bits per heavy atom. The van der Waals surface area contributed by atoms with E-state index in [1.54, 1.807) is 0 Å². The molecule has 0 fully saturated rings. The zero-order valence-corrected chi connectivity index (χ0v) is 30.7. The zero-order chi connectivity index (χ0) is 41.0. The van der Waals surface area contributed by atoms with Gasteiger partial charge in [-0.05, 0) is 117 Å². The van der Waals surface area contributed by atoms with Crippen molar-refractivity contribution in [3.8, 4) is 44.5 Å². The molecule has 0 amide bonds. The van der Waals surface area contributed by atoms with Crippen molar-refractivity contribution in [2.75, 3.05) is 9.80 Å². The predicted octanol–water partition coefficient (Wildman–Crippen LogP) is 15.3. The summed E-state index contributed by atoms with van der Waals surface area (Å²) in [5.74, 6) is 0. The highest BCUT2D eigenvalue weighted by molar-refractivity contribution is 5.82. The molecule has 266 valence electrons. The van der Waals surface area contributed by atoms with Crippen LogP contribution in [-0.2, 0) is 0 Å². The lowest BCUT2D eigenvalue weighted by molar-refractivity contribution is 1.28. The summed E-state index contributed by atoms with van der Waals surface area (Å²) in [5.41, 5.74) is 12.1. The quantitative estimate of drug-likeness (QED) is 0.139. The standard InChI is InChI=1S/C54H40N2/c1-5-13-41(14-6-1)45-25-33-52(34-26-45)56(53-35-27-46(28-36-53)42-15-7-2-8-16-42)54-39-31-48(32-40-54)44-23-21-43(22-24-44)47-29-37-51(38-30-47)55(49-17-9-3-10-18-49)50-19-11-4-12-20-50/h1-40H/i21D,22D,23D,24D. The molecule has 0 spiro atoms. The Hall–Kier alpha value is -7.42. The lowest BCUT2D eigenvalue weighted by Gasteiger charge is -2.26. The molecule has 0 aromatic heterocycles. The van der Waals surface area contributed by atoms with Gasteiger partial charge in [0, 0.05) is 34.1 Å². The highest BCUT2D eigenvalue weighted by Crippen LogP contribution is 2.39. The number of nitrogens with zero attached hydrogens (tertiary/aromatic N) is 2. The van der Waals surface area contributed by atoms with E-state index < -0.39 is 0 Å². The van der Waals surface area contributed by atoms with E-state index in [0.717, 1.165) is 56.4 Å². The van der Waals surface area contributed by atoms with Crippen molar-refractivity contribution < 1.29 is 5.48 Å². The molecule has 0 bridgehead atoms. The smallest absolute Gasteiger partial charge is 0.0629 e. The van der Waals surface area contributed by atoms with E-state index in [1.807, 2.05) is 121 Å². The van der Waals surface area contributed by atoms with Crippen LogP contribution in [0.2, 0.25) is 0 Å². The Balaban J connectivity index is 1.05. The molecule has 0 aliphatic heterocycles. The number of rotatable bonds is 10. The third-order valence-electron chi connectivity index (χ3n) is 9.95. The minimum atomic E-state index is -0.0807. The van der Waals surface area contributed by atoms with Crippen molar-refractivity contribution in [3.05, 3.63) is 243 Å². The van der Waals surface area contributed by atoms with Crippen molar-refractivity contribution in [1.82, 2.24) is 0 Å².